The molecule has 0 fully saturated rings. The third-order valence-corrected chi connectivity index (χ3v) is 3.71. The van der Waals surface area contributed by atoms with Crippen LogP contribution in [0.15, 0.2) is 36.4 Å². The van der Waals surface area contributed by atoms with Gasteiger partial charge in [-0.2, -0.15) is 0 Å². The number of ether oxygens (including phenoxy) is 1. The van der Waals surface area contributed by atoms with Crippen LogP contribution in [-0.2, 0) is 11.3 Å². The Labute approximate surface area is 157 Å². The number of carbonyl (C=O) groups is 1. The van der Waals surface area contributed by atoms with Crippen LogP contribution in [0, 0.1) is 6.92 Å². The summed E-state index contributed by atoms with van der Waals surface area (Å²) in [7, 11) is 1.73. The smallest absolute Gasteiger partial charge is 0.234 e. The second kappa shape index (κ2) is 9.74. The molecule has 0 aliphatic carbocycles. The van der Waals surface area contributed by atoms with E-state index in [4.69, 9.17) is 27.9 Å². The fraction of sp³-hybridized carbons (Fsp3) is 0.235. The SMILES string of the molecule is CNCC(=O)NCc1ccc(Oc2ccc(Cl)cc2Cl)c(C)c1.Cl. The maximum absolute atomic E-state index is 11.5. The summed E-state index contributed by atoms with van der Waals surface area (Å²) in [5.41, 5.74) is 1.96. The maximum atomic E-state index is 11.5. The fourth-order valence-electron chi connectivity index (χ4n) is 2.04. The molecule has 2 aromatic rings. The van der Waals surface area contributed by atoms with Gasteiger partial charge in [-0.3, -0.25) is 4.79 Å². The number of hydrogen-bond acceptors (Lipinski definition) is 3. The van der Waals surface area contributed by atoms with Gasteiger partial charge in [0.05, 0.1) is 11.6 Å². The van der Waals surface area contributed by atoms with E-state index in [-0.39, 0.29) is 18.3 Å². The molecule has 1 amide bonds. The predicted molar refractivity (Wildman–Crippen MR) is 101 cm³/mol. The van der Waals surface area contributed by atoms with Crippen LogP contribution in [0.2, 0.25) is 10.0 Å². The van der Waals surface area contributed by atoms with E-state index in [9.17, 15) is 4.79 Å². The summed E-state index contributed by atoms with van der Waals surface area (Å²) in [6.07, 6.45) is 0. The first kappa shape index (κ1) is 20.6. The molecular weight excluding hydrogens is 371 g/mol. The zero-order chi connectivity index (χ0) is 16.8. The molecule has 130 valence electrons. The Bertz CT molecular complexity index is 708. The average molecular weight is 390 g/mol. The highest BCUT2D eigenvalue weighted by molar-refractivity contribution is 6.35. The van der Waals surface area contributed by atoms with Gasteiger partial charge in [-0.15, -0.1) is 12.4 Å². The van der Waals surface area contributed by atoms with Crippen LogP contribution >= 0.6 is 35.6 Å². The van der Waals surface area contributed by atoms with Crippen LogP contribution in [0.5, 0.6) is 11.5 Å². The first-order valence-corrected chi connectivity index (χ1v) is 7.89. The van der Waals surface area contributed by atoms with Crippen molar-refractivity contribution in [2.75, 3.05) is 13.6 Å². The summed E-state index contributed by atoms with van der Waals surface area (Å²) in [6, 6.07) is 10.8. The van der Waals surface area contributed by atoms with Crippen molar-refractivity contribution in [3.8, 4) is 11.5 Å². The lowest BCUT2D eigenvalue weighted by atomic mass is 10.1. The molecule has 2 aromatic carbocycles. The summed E-state index contributed by atoms with van der Waals surface area (Å²) in [5.74, 6) is 1.21. The monoisotopic (exact) mass is 388 g/mol. The minimum absolute atomic E-state index is 0. The minimum atomic E-state index is -0.0431. The largest absolute Gasteiger partial charge is 0.456 e. The molecule has 0 aliphatic heterocycles. The molecule has 0 heterocycles. The van der Waals surface area contributed by atoms with E-state index < -0.39 is 0 Å². The van der Waals surface area contributed by atoms with Gasteiger partial charge in [0.1, 0.15) is 11.5 Å². The van der Waals surface area contributed by atoms with Crippen molar-refractivity contribution >= 4 is 41.5 Å². The molecule has 0 spiro atoms. The van der Waals surface area contributed by atoms with Crippen LogP contribution in [0.25, 0.3) is 0 Å². The zero-order valence-corrected chi connectivity index (χ0v) is 15.7. The number of halogens is 3. The number of amides is 1. The quantitative estimate of drug-likeness (QED) is 0.772. The normalized spacial score (nSPS) is 10.0. The van der Waals surface area contributed by atoms with Crippen molar-refractivity contribution in [3.63, 3.8) is 0 Å². The molecule has 7 heteroatoms. The molecule has 0 bridgehead atoms. The number of aryl methyl sites for hydroxylation is 1. The molecule has 4 nitrogen and oxygen atoms in total. The summed E-state index contributed by atoms with van der Waals surface area (Å²) < 4.78 is 5.83. The lowest BCUT2D eigenvalue weighted by Gasteiger charge is -2.12. The molecule has 0 saturated carbocycles. The van der Waals surface area contributed by atoms with E-state index >= 15 is 0 Å². The summed E-state index contributed by atoms with van der Waals surface area (Å²) in [6.45, 7) is 2.72. The van der Waals surface area contributed by atoms with Crippen molar-refractivity contribution in [2.45, 2.75) is 13.5 Å². The lowest BCUT2D eigenvalue weighted by Crippen LogP contribution is -2.31. The zero-order valence-electron chi connectivity index (χ0n) is 13.4. The fourth-order valence-corrected chi connectivity index (χ4v) is 2.48. The van der Waals surface area contributed by atoms with Crippen LogP contribution in [-0.4, -0.2) is 19.5 Å². The number of likely N-dealkylation sites (N-methyl/N-ethyl adjacent to an activating group) is 1. The van der Waals surface area contributed by atoms with Gasteiger partial charge in [0.15, 0.2) is 0 Å². The first-order valence-electron chi connectivity index (χ1n) is 7.13. The maximum Gasteiger partial charge on any atom is 0.234 e. The molecule has 2 N–H and O–H groups in total. The second-order valence-electron chi connectivity index (χ2n) is 5.08. The van der Waals surface area contributed by atoms with Crippen molar-refractivity contribution < 1.29 is 9.53 Å². The van der Waals surface area contributed by atoms with Crippen LogP contribution in [0.4, 0.5) is 0 Å². The van der Waals surface area contributed by atoms with Crippen molar-refractivity contribution in [1.82, 2.24) is 10.6 Å². The number of benzene rings is 2. The highest BCUT2D eigenvalue weighted by atomic mass is 35.5. The van der Waals surface area contributed by atoms with E-state index in [2.05, 4.69) is 10.6 Å². The number of nitrogens with one attached hydrogen (secondary N) is 2. The lowest BCUT2D eigenvalue weighted by molar-refractivity contribution is -0.120. The topological polar surface area (TPSA) is 50.4 Å². The van der Waals surface area contributed by atoms with E-state index in [0.29, 0.717) is 34.6 Å². The Morgan fingerprint density at radius 1 is 1.12 bits per heavy atom. The highest BCUT2D eigenvalue weighted by Gasteiger charge is 2.07. The van der Waals surface area contributed by atoms with Crippen molar-refractivity contribution in [2.24, 2.45) is 0 Å². The van der Waals surface area contributed by atoms with Crippen molar-refractivity contribution in [1.29, 1.82) is 0 Å². The molecule has 0 aliphatic rings. The molecule has 0 atom stereocenters. The summed E-state index contributed by atoms with van der Waals surface area (Å²) in [4.78, 5) is 11.5. The predicted octanol–water partition coefficient (Wildman–Crippen LogP) is 4.35. The average Bonchev–Trinajstić information content (AvgIpc) is 2.50. The van der Waals surface area contributed by atoms with E-state index in [1.165, 1.54) is 0 Å². The van der Waals surface area contributed by atoms with Gasteiger partial charge in [0.2, 0.25) is 5.91 Å². The van der Waals surface area contributed by atoms with E-state index in [1.54, 1.807) is 25.2 Å². The van der Waals surface area contributed by atoms with E-state index in [1.807, 2.05) is 25.1 Å². The van der Waals surface area contributed by atoms with Gasteiger partial charge in [-0.25, -0.2) is 0 Å². The number of carbonyl (C=O) groups excluding carboxylic acids is 1. The Hall–Kier alpha value is -1.46. The van der Waals surface area contributed by atoms with Gasteiger partial charge < -0.3 is 15.4 Å². The summed E-state index contributed by atoms with van der Waals surface area (Å²) in [5, 5.41) is 6.66. The Balaban J connectivity index is 0.00000288. The number of rotatable bonds is 6. The van der Waals surface area contributed by atoms with Crippen LogP contribution in [0.1, 0.15) is 11.1 Å². The van der Waals surface area contributed by atoms with Gasteiger partial charge in [-0.05, 0) is 49.4 Å². The van der Waals surface area contributed by atoms with Crippen LogP contribution in [0.3, 0.4) is 0 Å². The van der Waals surface area contributed by atoms with Gasteiger partial charge in [0.25, 0.3) is 0 Å². The number of hydrogen-bond donors (Lipinski definition) is 2. The Morgan fingerprint density at radius 3 is 2.46 bits per heavy atom. The van der Waals surface area contributed by atoms with E-state index in [0.717, 1.165) is 11.1 Å². The third-order valence-electron chi connectivity index (χ3n) is 3.18. The minimum Gasteiger partial charge on any atom is -0.456 e. The Kier molecular flexibility index (Phi) is 8.36. The molecule has 2 rings (SSSR count). The highest BCUT2D eigenvalue weighted by Crippen LogP contribution is 2.33. The molecular formula is C17H19Cl3N2O2. The van der Waals surface area contributed by atoms with Gasteiger partial charge in [-0.1, -0.05) is 35.3 Å². The van der Waals surface area contributed by atoms with Gasteiger partial charge >= 0.3 is 0 Å². The van der Waals surface area contributed by atoms with Crippen molar-refractivity contribution in [3.05, 3.63) is 57.6 Å². The molecule has 0 aromatic heterocycles. The standard InChI is InChI=1S/C17H18Cl2N2O2.ClH/c1-11-7-12(9-21-17(22)10-20-2)3-5-15(11)23-16-6-4-13(18)8-14(16)19;/h3-8,20H,9-10H2,1-2H3,(H,21,22);1H. The molecule has 24 heavy (non-hydrogen) atoms. The molecule has 0 saturated heterocycles. The summed E-state index contributed by atoms with van der Waals surface area (Å²) >= 11 is 12.0. The Morgan fingerprint density at radius 2 is 1.83 bits per heavy atom. The van der Waals surface area contributed by atoms with Crippen LogP contribution < -0.4 is 15.4 Å². The second-order valence-corrected chi connectivity index (χ2v) is 5.93. The first-order chi connectivity index (χ1) is 11.0. The third kappa shape index (κ3) is 5.87. The molecule has 0 radical (unpaired) electrons. The molecule has 0 unspecified atom stereocenters. The van der Waals surface area contributed by atoms with Gasteiger partial charge in [0, 0.05) is 11.6 Å².